The molecule has 0 radical (unpaired) electrons. The van der Waals surface area contributed by atoms with Crippen molar-refractivity contribution in [2.45, 2.75) is 315 Å². The van der Waals surface area contributed by atoms with E-state index in [0.29, 0.717) is 17.4 Å². The molecule has 0 aliphatic rings. The molecule has 0 aliphatic heterocycles. The first-order chi connectivity index (χ1) is 36.0. The Kier molecular flexibility index (Phi) is 54.6. The Hall–Kier alpha value is -1.77. The molecule has 2 atom stereocenters. The van der Waals surface area contributed by atoms with E-state index in [1.54, 1.807) is 0 Å². The van der Waals surface area contributed by atoms with Crippen LogP contribution in [0, 0.1) is 0 Å². The van der Waals surface area contributed by atoms with E-state index in [-0.39, 0.29) is 32.0 Å². The van der Waals surface area contributed by atoms with Crippen LogP contribution in [-0.4, -0.2) is 70.0 Å². The van der Waals surface area contributed by atoms with Gasteiger partial charge >= 0.3 is 11.9 Å². The van der Waals surface area contributed by atoms with Crippen LogP contribution >= 0.6 is 7.82 Å². The second kappa shape index (κ2) is 56.0. The predicted octanol–water partition coefficient (Wildman–Crippen LogP) is 19.3. The van der Waals surface area contributed by atoms with E-state index in [2.05, 4.69) is 50.3 Å². The molecule has 0 N–H and O–H groups in total. The molecule has 0 aliphatic carbocycles. The summed E-state index contributed by atoms with van der Waals surface area (Å²) < 4.78 is 34.2. The van der Waals surface area contributed by atoms with Gasteiger partial charge in [0.1, 0.15) is 19.8 Å². The topological polar surface area (TPSA) is 111 Å². The van der Waals surface area contributed by atoms with Crippen LogP contribution < -0.4 is 4.89 Å². The average Bonchev–Trinajstić information content (AvgIpc) is 3.36. The Morgan fingerprint density at radius 1 is 0.419 bits per heavy atom. The highest BCUT2D eigenvalue weighted by atomic mass is 31.2. The molecule has 0 amide bonds. The molecular weight excluding hydrogens is 942 g/mol. The maximum Gasteiger partial charge on any atom is 0.306 e. The van der Waals surface area contributed by atoms with Crippen LogP contribution in [0.15, 0.2) is 36.5 Å². The third-order valence-corrected chi connectivity index (χ3v) is 15.1. The van der Waals surface area contributed by atoms with Gasteiger partial charge in [-0.3, -0.25) is 14.2 Å². The van der Waals surface area contributed by atoms with Gasteiger partial charge in [-0.1, -0.05) is 281 Å². The van der Waals surface area contributed by atoms with Gasteiger partial charge in [-0.15, -0.1) is 0 Å². The van der Waals surface area contributed by atoms with Crippen molar-refractivity contribution in [2.24, 2.45) is 0 Å². The van der Waals surface area contributed by atoms with E-state index in [9.17, 15) is 19.0 Å². The van der Waals surface area contributed by atoms with Gasteiger partial charge in [0.05, 0.1) is 27.7 Å². The van der Waals surface area contributed by atoms with E-state index in [0.717, 1.165) is 70.6 Å². The summed E-state index contributed by atoms with van der Waals surface area (Å²) in [5.41, 5.74) is 0. The number of ether oxygens (including phenoxy) is 2. The van der Waals surface area contributed by atoms with Crippen molar-refractivity contribution in [2.75, 3.05) is 47.5 Å². The normalized spacial score (nSPS) is 13.4. The standard InChI is InChI=1S/C64H122NO8P/c1-6-8-10-12-14-16-18-20-22-24-26-27-28-29-30-31-32-33-34-35-36-37-39-40-42-44-46-48-50-52-54-56-63(66)70-60-62(61-72-74(68,69)71-59-58-65(3,4)5)73-64(67)57-55-53-51-49-47-45-43-41-38-25-23-21-19-17-15-13-11-9-7-2/h15,17,21,23,38,41,62H,6-14,16,18-20,22,24-37,39-40,42-61H2,1-5H3/b17-15-,23-21-,41-38-. The number of hydrogen-bond donors (Lipinski definition) is 0. The highest BCUT2D eigenvalue weighted by Crippen LogP contribution is 2.38. The molecular formula is C64H122NO8P. The summed E-state index contributed by atoms with van der Waals surface area (Å²) in [6, 6.07) is 0. The summed E-state index contributed by atoms with van der Waals surface area (Å²) in [4.78, 5) is 37.9. The molecule has 2 unspecified atom stereocenters. The smallest absolute Gasteiger partial charge is 0.306 e. The van der Waals surface area contributed by atoms with Crippen molar-refractivity contribution >= 4 is 19.8 Å². The molecule has 0 saturated heterocycles. The van der Waals surface area contributed by atoms with Gasteiger partial charge in [-0.05, 0) is 51.4 Å². The number of likely N-dealkylation sites (N-methyl/N-ethyl adjacent to an activating group) is 1. The fourth-order valence-corrected chi connectivity index (χ4v) is 9.98. The molecule has 9 nitrogen and oxygen atoms in total. The Balaban J connectivity index is 4.02. The average molecular weight is 1060 g/mol. The van der Waals surface area contributed by atoms with Gasteiger partial charge < -0.3 is 27.9 Å². The van der Waals surface area contributed by atoms with Gasteiger partial charge in [0, 0.05) is 12.8 Å². The summed E-state index contributed by atoms with van der Waals surface area (Å²) in [7, 11) is 1.17. The van der Waals surface area contributed by atoms with Crippen molar-refractivity contribution in [1.82, 2.24) is 0 Å². The van der Waals surface area contributed by atoms with Gasteiger partial charge in [0.15, 0.2) is 6.10 Å². The number of carbonyl (C=O) groups is 2. The minimum absolute atomic E-state index is 0.0324. The van der Waals surface area contributed by atoms with E-state index in [4.69, 9.17) is 18.5 Å². The number of unbranched alkanes of at least 4 members (excludes halogenated alkanes) is 39. The number of hydrogen-bond acceptors (Lipinski definition) is 8. The fraction of sp³-hybridized carbons (Fsp3) is 0.875. The maximum atomic E-state index is 12.8. The second-order valence-corrected chi connectivity index (χ2v) is 24.2. The lowest BCUT2D eigenvalue weighted by atomic mass is 10.0. The summed E-state index contributed by atoms with van der Waals surface area (Å²) in [6.45, 7) is 4.24. The Labute approximate surface area is 459 Å². The van der Waals surface area contributed by atoms with E-state index < -0.39 is 26.5 Å². The fourth-order valence-electron chi connectivity index (χ4n) is 9.25. The van der Waals surface area contributed by atoms with Gasteiger partial charge in [0.25, 0.3) is 7.82 Å². The molecule has 0 spiro atoms. The molecule has 0 aromatic carbocycles. The third kappa shape index (κ3) is 59.5. The minimum Gasteiger partial charge on any atom is -0.756 e. The Bertz CT molecular complexity index is 1340. The number of esters is 2. The molecule has 0 fully saturated rings. The summed E-state index contributed by atoms with van der Waals surface area (Å²) in [5, 5.41) is 0. The monoisotopic (exact) mass is 1060 g/mol. The van der Waals surface area contributed by atoms with Crippen LogP contribution in [0.25, 0.3) is 0 Å². The predicted molar refractivity (Wildman–Crippen MR) is 314 cm³/mol. The lowest BCUT2D eigenvalue weighted by Gasteiger charge is -2.28. The lowest BCUT2D eigenvalue weighted by Crippen LogP contribution is -2.37. The van der Waals surface area contributed by atoms with Crippen molar-refractivity contribution in [3.63, 3.8) is 0 Å². The largest absolute Gasteiger partial charge is 0.756 e. The quantitative estimate of drug-likeness (QED) is 0.0195. The van der Waals surface area contributed by atoms with Crippen molar-refractivity contribution in [1.29, 1.82) is 0 Å². The second-order valence-electron chi connectivity index (χ2n) is 22.8. The molecule has 0 aromatic heterocycles. The van der Waals surface area contributed by atoms with Gasteiger partial charge in [-0.25, -0.2) is 0 Å². The zero-order valence-corrected chi connectivity index (χ0v) is 50.5. The molecule has 10 heteroatoms. The van der Waals surface area contributed by atoms with E-state index in [1.165, 1.54) is 205 Å². The summed E-state index contributed by atoms with van der Waals surface area (Å²) >= 11 is 0. The van der Waals surface area contributed by atoms with Crippen LogP contribution in [-0.2, 0) is 32.7 Å². The maximum absolute atomic E-state index is 12.8. The zero-order chi connectivity index (χ0) is 54.2. The van der Waals surface area contributed by atoms with Gasteiger partial charge in [0.2, 0.25) is 0 Å². The number of quaternary nitrogens is 1. The molecule has 436 valence electrons. The first kappa shape index (κ1) is 72.2. The number of phosphoric acid groups is 1. The first-order valence-corrected chi connectivity index (χ1v) is 33.2. The lowest BCUT2D eigenvalue weighted by molar-refractivity contribution is -0.870. The highest BCUT2D eigenvalue weighted by molar-refractivity contribution is 7.45. The number of phosphoric ester groups is 1. The Morgan fingerprint density at radius 3 is 1.11 bits per heavy atom. The zero-order valence-electron chi connectivity index (χ0n) is 49.6. The van der Waals surface area contributed by atoms with Crippen LogP contribution in [0.4, 0.5) is 0 Å². The first-order valence-electron chi connectivity index (χ1n) is 31.7. The Morgan fingerprint density at radius 2 is 0.730 bits per heavy atom. The highest BCUT2D eigenvalue weighted by Gasteiger charge is 2.22. The van der Waals surface area contributed by atoms with Crippen LogP contribution in [0.3, 0.4) is 0 Å². The molecule has 0 saturated carbocycles. The molecule has 0 rings (SSSR count). The van der Waals surface area contributed by atoms with Crippen LogP contribution in [0.5, 0.6) is 0 Å². The van der Waals surface area contributed by atoms with E-state index in [1.807, 2.05) is 21.1 Å². The van der Waals surface area contributed by atoms with Crippen molar-refractivity contribution in [3.8, 4) is 0 Å². The van der Waals surface area contributed by atoms with E-state index >= 15 is 0 Å². The van der Waals surface area contributed by atoms with Crippen molar-refractivity contribution < 1.29 is 42.1 Å². The molecule has 0 heterocycles. The minimum atomic E-state index is -4.64. The molecule has 0 bridgehead atoms. The molecule has 74 heavy (non-hydrogen) atoms. The van der Waals surface area contributed by atoms with Gasteiger partial charge in [-0.2, -0.15) is 0 Å². The number of rotatable bonds is 59. The number of carbonyl (C=O) groups excluding carboxylic acids is 2. The SMILES string of the molecule is CCCCC/C=C\C/C=C\C/C=C\CCCCCCCCC(=O)OC(COC(=O)CCCCCCCCCCCCCCCCCCCCCCCCCCCCCCCCC)COP(=O)([O-])OCC[N+](C)(C)C. The number of nitrogens with zero attached hydrogens (tertiary/aromatic N) is 1. The molecule has 0 aromatic rings. The van der Waals surface area contributed by atoms with Crippen LogP contribution in [0.2, 0.25) is 0 Å². The van der Waals surface area contributed by atoms with Crippen molar-refractivity contribution in [3.05, 3.63) is 36.5 Å². The van der Waals surface area contributed by atoms with Crippen LogP contribution in [0.1, 0.15) is 309 Å². The summed E-state index contributed by atoms with van der Waals surface area (Å²) in [5.74, 6) is -0.834. The number of allylic oxidation sites excluding steroid dienone is 6. The third-order valence-electron chi connectivity index (χ3n) is 14.2. The summed E-state index contributed by atoms with van der Waals surface area (Å²) in [6.07, 6.45) is 69.3.